The van der Waals surface area contributed by atoms with Crippen molar-refractivity contribution in [3.05, 3.63) is 41.7 Å². The third-order valence-electron chi connectivity index (χ3n) is 2.70. The molecule has 1 atom stereocenters. The fraction of sp³-hybridized carbons (Fsp3) is 0.333. The Hall–Kier alpha value is -1.35. The lowest BCUT2D eigenvalue weighted by molar-refractivity contribution is -0.128. The van der Waals surface area contributed by atoms with Crippen LogP contribution in [0.4, 0.5) is 0 Å². The number of hydrogen-bond donors (Lipinski definition) is 0. The number of pyridine rings is 1. The number of aromatic nitrogens is 1. The molecule has 0 N–H and O–H groups in total. The van der Waals surface area contributed by atoms with Crippen molar-refractivity contribution in [1.82, 2.24) is 9.88 Å². The number of carbonyl (C=O) groups is 1. The van der Waals surface area contributed by atoms with Crippen LogP contribution < -0.4 is 0 Å². The predicted octanol–water partition coefficient (Wildman–Crippen LogP) is 2.27. The monoisotopic (exact) mass is 236 g/mol. The minimum absolute atomic E-state index is 0.159. The van der Waals surface area contributed by atoms with Crippen LogP contribution in [0, 0.1) is 5.92 Å². The molecule has 0 aliphatic carbocycles. The van der Waals surface area contributed by atoms with Gasteiger partial charge in [-0.05, 0) is 12.1 Å². The first kappa shape index (κ1) is 11.1. The van der Waals surface area contributed by atoms with E-state index < -0.39 is 0 Å². The lowest BCUT2D eigenvalue weighted by atomic mass is 10.1. The molecule has 0 aromatic carbocycles. The molecular formula is C12H13ClN2O. The van der Waals surface area contributed by atoms with Gasteiger partial charge >= 0.3 is 0 Å². The molecule has 1 aliphatic heterocycles. The van der Waals surface area contributed by atoms with E-state index in [-0.39, 0.29) is 11.8 Å². The van der Waals surface area contributed by atoms with E-state index in [1.165, 1.54) is 0 Å². The zero-order valence-electron chi connectivity index (χ0n) is 8.90. The summed E-state index contributed by atoms with van der Waals surface area (Å²) in [5.41, 5.74) is 0.825. The van der Waals surface area contributed by atoms with Crippen molar-refractivity contribution in [2.45, 2.75) is 13.0 Å². The number of likely N-dealkylation sites (tertiary alicyclic amines) is 1. The SMILES string of the molecule is C=CC1CC(=O)N(Cc2cccc(Cl)n2)C1. The molecule has 2 heterocycles. The topological polar surface area (TPSA) is 33.2 Å². The van der Waals surface area contributed by atoms with Crippen molar-refractivity contribution in [2.75, 3.05) is 6.54 Å². The highest BCUT2D eigenvalue weighted by Gasteiger charge is 2.27. The minimum atomic E-state index is 0.159. The maximum absolute atomic E-state index is 11.7. The standard InChI is InChI=1S/C12H13ClN2O/c1-2-9-6-12(16)15(7-9)8-10-4-3-5-11(13)14-10/h2-5,9H,1,6-8H2. The van der Waals surface area contributed by atoms with Gasteiger partial charge in [0.1, 0.15) is 5.15 Å². The first-order valence-electron chi connectivity index (χ1n) is 5.21. The smallest absolute Gasteiger partial charge is 0.223 e. The Morgan fingerprint density at radius 3 is 3.06 bits per heavy atom. The summed E-state index contributed by atoms with van der Waals surface area (Å²) in [6.07, 6.45) is 2.40. The molecule has 0 radical (unpaired) electrons. The molecule has 0 saturated carbocycles. The fourth-order valence-corrected chi connectivity index (χ4v) is 2.03. The third-order valence-corrected chi connectivity index (χ3v) is 2.91. The number of halogens is 1. The quantitative estimate of drug-likeness (QED) is 0.596. The molecule has 1 aromatic rings. The summed E-state index contributed by atoms with van der Waals surface area (Å²) in [5.74, 6) is 0.429. The molecule has 1 amide bonds. The van der Waals surface area contributed by atoms with Crippen molar-refractivity contribution >= 4 is 17.5 Å². The molecule has 4 heteroatoms. The van der Waals surface area contributed by atoms with Gasteiger partial charge < -0.3 is 4.90 Å². The Balaban J connectivity index is 2.05. The Kier molecular flexibility index (Phi) is 3.25. The largest absolute Gasteiger partial charge is 0.336 e. The molecule has 2 rings (SSSR count). The van der Waals surface area contributed by atoms with E-state index >= 15 is 0 Å². The second-order valence-corrected chi connectivity index (χ2v) is 4.31. The molecule has 1 unspecified atom stereocenters. The van der Waals surface area contributed by atoms with Crippen LogP contribution in [0.3, 0.4) is 0 Å². The maximum atomic E-state index is 11.7. The average molecular weight is 237 g/mol. The molecular weight excluding hydrogens is 224 g/mol. The van der Waals surface area contributed by atoms with Crippen LogP contribution in [0.25, 0.3) is 0 Å². The van der Waals surface area contributed by atoms with E-state index in [1.54, 1.807) is 11.0 Å². The highest BCUT2D eigenvalue weighted by Crippen LogP contribution is 2.20. The van der Waals surface area contributed by atoms with E-state index in [9.17, 15) is 4.79 Å². The fourth-order valence-electron chi connectivity index (χ4n) is 1.85. The van der Waals surface area contributed by atoms with Crippen molar-refractivity contribution in [3.63, 3.8) is 0 Å². The number of amides is 1. The molecule has 0 spiro atoms. The average Bonchev–Trinajstić information content (AvgIpc) is 2.60. The Bertz CT molecular complexity index is 419. The van der Waals surface area contributed by atoms with Crippen molar-refractivity contribution in [1.29, 1.82) is 0 Å². The van der Waals surface area contributed by atoms with Crippen LogP contribution in [0.5, 0.6) is 0 Å². The first-order chi connectivity index (χ1) is 7.69. The van der Waals surface area contributed by atoms with Crippen LogP contribution in [-0.2, 0) is 11.3 Å². The van der Waals surface area contributed by atoms with Gasteiger partial charge in [-0.25, -0.2) is 4.98 Å². The highest BCUT2D eigenvalue weighted by atomic mass is 35.5. The summed E-state index contributed by atoms with van der Waals surface area (Å²) in [7, 11) is 0. The lowest BCUT2D eigenvalue weighted by Gasteiger charge is -2.15. The van der Waals surface area contributed by atoms with E-state index in [4.69, 9.17) is 11.6 Å². The first-order valence-corrected chi connectivity index (χ1v) is 5.58. The summed E-state index contributed by atoms with van der Waals surface area (Å²) in [6, 6.07) is 5.44. The van der Waals surface area contributed by atoms with Gasteiger partial charge in [-0.2, -0.15) is 0 Å². The van der Waals surface area contributed by atoms with Gasteiger partial charge in [0.15, 0.2) is 0 Å². The van der Waals surface area contributed by atoms with Crippen LogP contribution >= 0.6 is 11.6 Å². The van der Waals surface area contributed by atoms with Gasteiger partial charge in [0.2, 0.25) is 5.91 Å². The summed E-state index contributed by atoms with van der Waals surface area (Å²) >= 11 is 5.79. The van der Waals surface area contributed by atoms with Crippen LogP contribution in [-0.4, -0.2) is 22.3 Å². The number of carbonyl (C=O) groups excluding carboxylic acids is 1. The lowest BCUT2D eigenvalue weighted by Crippen LogP contribution is -2.24. The molecule has 3 nitrogen and oxygen atoms in total. The van der Waals surface area contributed by atoms with Crippen molar-refractivity contribution < 1.29 is 4.79 Å². The van der Waals surface area contributed by atoms with E-state index in [0.717, 1.165) is 12.2 Å². The zero-order valence-corrected chi connectivity index (χ0v) is 9.65. The molecule has 16 heavy (non-hydrogen) atoms. The third kappa shape index (κ3) is 2.42. The van der Waals surface area contributed by atoms with Gasteiger partial charge in [0.05, 0.1) is 12.2 Å². The highest BCUT2D eigenvalue weighted by molar-refractivity contribution is 6.29. The van der Waals surface area contributed by atoms with E-state index in [1.807, 2.05) is 18.2 Å². The number of hydrogen-bond acceptors (Lipinski definition) is 2. The minimum Gasteiger partial charge on any atom is -0.336 e. The molecule has 1 saturated heterocycles. The molecule has 0 bridgehead atoms. The van der Waals surface area contributed by atoms with Gasteiger partial charge in [-0.15, -0.1) is 6.58 Å². The summed E-state index contributed by atoms with van der Waals surface area (Å²) < 4.78 is 0. The second-order valence-electron chi connectivity index (χ2n) is 3.93. The Labute approximate surface area is 99.7 Å². The summed E-state index contributed by atoms with van der Waals surface area (Å²) in [5, 5.41) is 0.462. The molecule has 1 aromatic heterocycles. The van der Waals surface area contributed by atoms with Crippen LogP contribution in [0.2, 0.25) is 5.15 Å². The van der Waals surface area contributed by atoms with Crippen molar-refractivity contribution in [3.8, 4) is 0 Å². The summed E-state index contributed by atoms with van der Waals surface area (Å²) in [6.45, 7) is 4.98. The van der Waals surface area contributed by atoms with Gasteiger partial charge in [-0.1, -0.05) is 23.7 Å². The van der Waals surface area contributed by atoms with Crippen LogP contribution in [0.15, 0.2) is 30.9 Å². The molecule has 1 aliphatic rings. The molecule has 1 fully saturated rings. The zero-order chi connectivity index (χ0) is 11.5. The Morgan fingerprint density at radius 2 is 2.44 bits per heavy atom. The van der Waals surface area contributed by atoms with E-state index in [0.29, 0.717) is 18.1 Å². The van der Waals surface area contributed by atoms with Crippen LogP contribution in [0.1, 0.15) is 12.1 Å². The normalized spacial score (nSPS) is 20.2. The maximum Gasteiger partial charge on any atom is 0.223 e. The number of nitrogens with zero attached hydrogens (tertiary/aromatic N) is 2. The Morgan fingerprint density at radius 1 is 1.62 bits per heavy atom. The summed E-state index contributed by atoms with van der Waals surface area (Å²) in [4.78, 5) is 17.6. The number of rotatable bonds is 3. The molecule has 84 valence electrons. The van der Waals surface area contributed by atoms with E-state index in [2.05, 4.69) is 11.6 Å². The predicted molar refractivity (Wildman–Crippen MR) is 63.0 cm³/mol. The van der Waals surface area contributed by atoms with Gasteiger partial charge in [-0.3, -0.25) is 4.79 Å². The van der Waals surface area contributed by atoms with Crippen molar-refractivity contribution in [2.24, 2.45) is 5.92 Å². The second kappa shape index (κ2) is 4.66. The van der Waals surface area contributed by atoms with Gasteiger partial charge in [0.25, 0.3) is 0 Å². The van der Waals surface area contributed by atoms with Gasteiger partial charge in [0, 0.05) is 18.9 Å².